The van der Waals surface area contributed by atoms with Gasteiger partial charge in [0, 0.05) is 19.3 Å². The monoisotopic (exact) mass is 456 g/mol. The minimum Gasteiger partial charge on any atom is -0.383 e. The number of carbonyl (C=O) groups is 1. The molecule has 4 rings (SSSR count). The minimum atomic E-state index is -0.518. The second kappa shape index (κ2) is 10.3. The van der Waals surface area contributed by atoms with Crippen molar-refractivity contribution < 1.29 is 9.53 Å². The lowest BCUT2D eigenvalue weighted by atomic mass is 10.1. The molecule has 1 N–H and O–H groups in total. The normalized spacial score (nSPS) is 11.9. The van der Waals surface area contributed by atoms with E-state index in [9.17, 15) is 9.59 Å². The average Bonchev–Trinajstić information content (AvgIpc) is 2.85. The van der Waals surface area contributed by atoms with E-state index >= 15 is 0 Å². The van der Waals surface area contributed by atoms with E-state index in [0.717, 1.165) is 11.3 Å². The van der Waals surface area contributed by atoms with E-state index in [1.165, 1.54) is 0 Å². The van der Waals surface area contributed by atoms with Crippen LogP contribution in [0.1, 0.15) is 24.4 Å². The van der Waals surface area contributed by atoms with Crippen LogP contribution in [-0.4, -0.2) is 40.7 Å². The summed E-state index contributed by atoms with van der Waals surface area (Å²) in [4.78, 5) is 33.5. The molecule has 0 fully saturated rings. The fourth-order valence-corrected chi connectivity index (χ4v) is 3.99. The number of hydrogen-bond acceptors (Lipinski definition) is 4. The van der Waals surface area contributed by atoms with Crippen LogP contribution >= 0.6 is 0 Å². The van der Waals surface area contributed by atoms with Gasteiger partial charge in [-0.2, -0.15) is 0 Å². The van der Waals surface area contributed by atoms with Gasteiger partial charge in [-0.3, -0.25) is 9.36 Å². The Kier molecular flexibility index (Phi) is 7.04. The van der Waals surface area contributed by atoms with Gasteiger partial charge in [0.25, 0.3) is 5.56 Å². The van der Waals surface area contributed by atoms with E-state index in [1.807, 2.05) is 86.6 Å². The number of urea groups is 1. The van der Waals surface area contributed by atoms with Gasteiger partial charge >= 0.3 is 6.03 Å². The van der Waals surface area contributed by atoms with Crippen LogP contribution in [0.4, 0.5) is 10.5 Å². The maximum absolute atomic E-state index is 13.7. The van der Waals surface area contributed by atoms with Crippen LogP contribution in [0.2, 0.25) is 0 Å². The Bertz CT molecular complexity index is 1350. The summed E-state index contributed by atoms with van der Waals surface area (Å²) in [6.07, 6.45) is 0. The molecule has 4 aromatic rings. The molecule has 1 aromatic heterocycles. The summed E-state index contributed by atoms with van der Waals surface area (Å²) < 4.78 is 6.90. The molecule has 34 heavy (non-hydrogen) atoms. The summed E-state index contributed by atoms with van der Waals surface area (Å²) in [5.41, 5.74) is 2.78. The van der Waals surface area contributed by atoms with Crippen molar-refractivity contribution in [1.29, 1.82) is 0 Å². The van der Waals surface area contributed by atoms with E-state index in [2.05, 4.69) is 5.32 Å². The number of carbonyl (C=O) groups excluding carboxylic acids is 1. The highest BCUT2D eigenvalue weighted by Gasteiger charge is 2.27. The molecule has 7 nitrogen and oxygen atoms in total. The summed E-state index contributed by atoms with van der Waals surface area (Å²) in [7, 11) is 1.59. The largest absolute Gasteiger partial charge is 0.383 e. The maximum atomic E-state index is 13.7. The lowest BCUT2D eigenvalue weighted by molar-refractivity contribution is 0.137. The third-order valence-electron chi connectivity index (χ3n) is 5.82. The van der Waals surface area contributed by atoms with E-state index < -0.39 is 6.04 Å². The van der Waals surface area contributed by atoms with Crippen LogP contribution < -0.4 is 10.9 Å². The zero-order valence-electron chi connectivity index (χ0n) is 19.6. The molecule has 7 heteroatoms. The number of para-hydroxylation sites is 3. The first kappa shape index (κ1) is 23.2. The number of aromatic nitrogens is 2. The Morgan fingerprint density at radius 2 is 1.71 bits per heavy atom. The fraction of sp³-hybridized carbons (Fsp3) is 0.222. The van der Waals surface area contributed by atoms with Gasteiger partial charge in [-0.25, -0.2) is 9.78 Å². The van der Waals surface area contributed by atoms with Crippen LogP contribution in [0.3, 0.4) is 0 Å². The zero-order chi connectivity index (χ0) is 24.1. The summed E-state index contributed by atoms with van der Waals surface area (Å²) in [5.74, 6) is 0.484. The second-order valence-electron chi connectivity index (χ2n) is 8.07. The number of rotatable bonds is 7. The number of nitrogens with zero attached hydrogens (tertiary/aromatic N) is 3. The molecule has 0 aliphatic rings. The van der Waals surface area contributed by atoms with Crippen molar-refractivity contribution in [2.75, 3.05) is 25.6 Å². The summed E-state index contributed by atoms with van der Waals surface area (Å²) in [6.45, 7) is 4.50. The third-order valence-corrected chi connectivity index (χ3v) is 5.82. The number of methoxy groups -OCH3 is 1. The average molecular weight is 457 g/mol. The molecule has 1 atom stereocenters. The van der Waals surface area contributed by atoms with Gasteiger partial charge in [-0.1, -0.05) is 48.5 Å². The van der Waals surface area contributed by atoms with Gasteiger partial charge < -0.3 is 15.0 Å². The number of benzene rings is 3. The molecule has 0 bridgehead atoms. The molecule has 174 valence electrons. The number of amides is 2. The molecule has 1 heterocycles. The molecule has 0 aliphatic heterocycles. The van der Waals surface area contributed by atoms with Crippen molar-refractivity contribution in [3.05, 3.63) is 101 Å². The molecule has 2 amide bonds. The topological polar surface area (TPSA) is 76.5 Å². The lowest BCUT2D eigenvalue weighted by Gasteiger charge is -2.30. The maximum Gasteiger partial charge on any atom is 0.322 e. The Balaban J connectivity index is 1.85. The number of hydrogen-bond donors (Lipinski definition) is 1. The highest BCUT2D eigenvalue weighted by atomic mass is 16.5. The molecule has 0 aliphatic carbocycles. The van der Waals surface area contributed by atoms with E-state index in [-0.39, 0.29) is 11.6 Å². The molecule has 0 radical (unpaired) electrons. The third kappa shape index (κ3) is 4.70. The molecule has 3 aromatic carbocycles. The Hall–Kier alpha value is -3.97. The van der Waals surface area contributed by atoms with Gasteiger partial charge in [-0.15, -0.1) is 0 Å². The number of nitrogens with one attached hydrogen (secondary N) is 1. The molecule has 0 spiro atoms. The Morgan fingerprint density at radius 1 is 1.03 bits per heavy atom. The highest BCUT2D eigenvalue weighted by molar-refractivity contribution is 5.89. The summed E-state index contributed by atoms with van der Waals surface area (Å²) in [5, 5.41) is 3.47. The molecular formula is C27H28N4O3. The van der Waals surface area contributed by atoms with Gasteiger partial charge in [0.15, 0.2) is 0 Å². The van der Waals surface area contributed by atoms with Crippen LogP contribution in [0, 0.1) is 6.92 Å². The first-order valence-electron chi connectivity index (χ1n) is 11.2. The van der Waals surface area contributed by atoms with Crippen LogP contribution in [0.5, 0.6) is 0 Å². The van der Waals surface area contributed by atoms with Crippen molar-refractivity contribution in [1.82, 2.24) is 14.5 Å². The molecular weight excluding hydrogens is 428 g/mol. The standard InChI is InChI=1S/C27H28N4O3/c1-19-11-7-10-16-24(19)31-25(29-23-15-9-8-14-22(23)26(31)32)20(2)30(17-18-34-3)27(33)28-21-12-5-4-6-13-21/h4-16,20H,17-18H2,1-3H3,(H,28,33). The van der Waals surface area contributed by atoms with Crippen molar-refractivity contribution in [3.63, 3.8) is 0 Å². The van der Waals surface area contributed by atoms with E-state index in [4.69, 9.17) is 9.72 Å². The summed E-state index contributed by atoms with van der Waals surface area (Å²) in [6, 6.07) is 23.4. The number of aryl methyl sites for hydroxylation is 1. The van der Waals surface area contributed by atoms with E-state index in [1.54, 1.807) is 22.6 Å². The zero-order valence-corrected chi connectivity index (χ0v) is 19.6. The van der Waals surface area contributed by atoms with Gasteiger partial charge in [-0.05, 0) is 49.7 Å². The van der Waals surface area contributed by atoms with Gasteiger partial charge in [0.2, 0.25) is 0 Å². The van der Waals surface area contributed by atoms with Crippen LogP contribution in [-0.2, 0) is 4.74 Å². The number of ether oxygens (including phenoxy) is 1. The first-order chi connectivity index (χ1) is 16.5. The van der Waals surface area contributed by atoms with Crippen LogP contribution in [0.15, 0.2) is 83.7 Å². The smallest absolute Gasteiger partial charge is 0.322 e. The highest BCUT2D eigenvalue weighted by Crippen LogP contribution is 2.25. The predicted molar refractivity (Wildman–Crippen MR) is 135 cm³/mol. The Labute approximate surface area is 198 Å². The molecule has 1 unspecified atom stereocenters. The quantitative estimate of drug-likeness (QED) is 0.428. The predicted octanol–water partition coefficient (Wildman–Crippen LogP) is 4.94. The van der Waals surface area contributed by atoms with Gasteiger partial charge in [0.05, 0.1) is 29.2 Å². The SMILES string of the molecule is COCCN(C(=O)Nc1ccccc1)C(C)c1nc2ccccc2c(=O)n1-c1ccccc1C. The lowest BCUT2D eigenvalue weighted by Crippen LogP contribution is -2.41. The van der Waals surface area contributed by atoms with E-state index in [0.29, 0.717) is 35.6 Å². The Morgan fingerprint density at radius 3 is 2.44 bits per heavy atom. The van der Waals surface area contributed by atoms with Crippen molar-refractivity contribution in [2.45, 2.75) is 19.9 Å². The first-order valence-corrected chi connectivity index (χ1v) is 11.2. The van der Waals surface area contributed by atoms with Crippen LogP contribution in [0.25, 0.3) is 16.6 Å². The second-order valence-corrected chi connectivity index (χ2v) is 8.07. The number of fused-ring (bicyclic) bond motifs is 1. The fourth-order valence-electron chi connectivity index (χ4n) is 3.99. The molecule has 0 saturated carbocycles. The van der Waals surface area contributed by atoms with Crippen molar-refractivity contribution >= 4 is 22.6 Å². The van der Waals surface area contributed by atoms with Gasteiger partial charge in [0.1, 0.15) is 5.82 Å². The summed E-state index contributed by atoms with van der Waals surface area (Å²) >= 11 is 0. The van der Waals surface area contributed by atoms with Crippen molar-refractivity contribution in [2.24, 2.45) is 0 Å². The number of anilines is 1. The molecule has 0 saturated heterocycles. The van der Waals surface area contributed by atoms with Crippen molar-refractivity contribution in [3.8, 4) is 5.69 Å². The minimum absolute atomic E-state index is 0.170.